The van der Waals surface area contributed by atoms with E-state index in [0.717, 1.165) is 0 Å². The van der Waals surface area contributed by atoms with Crippen LogP contribution in [0.3, 0.4) is 0 Å². The number of hydrogen-bond acceptors (Lipinski definition) is 3. The van der Waals surface area contributed by atoms with Crippen molar-refractivity contribution in [1.29, 1.82) is 0 Å². The van der Waals surface area contributed by atoms with Crippen molar-refractivity contribution in [2.45, 2.75) is 6.36 Å². The molecule has 20 heavy (non-hydrogen) atoms. The minimum Gasteiger partial charge on any atom is -0.477 e. The summed E-state index contributed by atoms with van der Waals surface area (Å²) < 4.78 is 40.2. The standard InChI is InChI=1S/C13H8F3NO3/c14-13(15,16)20-10-3-1-2-8(6-10)9-4-5-11(12(18)19)17-7-9/h1-7H,(H,18,19). The van der Waals surface area contributed by atoms with Crippen LogP contribution in [0.25, 0.3) is 11.1 Å². The zero-order valence-corrected chi connectivity index (χ0v) is 9.89. The number of carboxylic acid groups (broad SMARTS) is 1. The molecule has 104 valence electrons. The number of aromatic carboxylic acids is 1. The van der Waals surface area contributed by atoms with Gasteiger partial charge in [0.05, 0.1) is 0 Å². The number of pyridine rings is 1. The number of alkyl halides is 3. The van der Waals surface area contributed by atoms with Crippen LogP contribution < -0.4 is 4.74 Å². The lowest BCUT2D eigenvalue weighted by Crippen LogP contribution is -2.17. The molecule has 0 aliphatic heterocycles. The summed E-state index contributed by atoms with van der Waals surface area (Å²) in [4.78, 5) is 14.3. The fourth-order valence-electron chi connectivity index (χ4n) is 1.56. The number of carbonyl (C=O) groups is 1. The Hall–Kier alpha value is -2.57. The Labute approximate surface area is 111 Å². The number of halogens is 3. The Morgan fingerprint density at radius 3 is 2.45 bits per heavy atom. The molecule has 0 aliphatic carbocycles. The molecule has 0 spiro atoms. The molecular formula is C13H8F3NO3. The van der Waals surface area contributed by atoms with Crippen molar-refractivity contribution in [3.05, 3.63) is 48.3 Å². The predicted octanol–water partition coefficient (Wildman–Crippen LogP) is 3.35. The first-order valence-electron chi connectivity index (χ1n) is 5.41. The first-order valence-corrected chi connectivity index (χ1v) is 5.41. The van der Waals surface area contributed by atoms with Crippen LogP contribution in [-0.4, -0.2) is 22.4 Å². The van der Waals surface area contributed by atoms with E-state index in [1.165, 1.54) is 36.5 Å². The van der Waals surface area contributed by atoms with Crippen LogP contribution >= 0.6 is 0 Å². The average Bonchev–Trinajstić information content (AvgIpc) is 2.37. The molecule has 0 aliphatic rings. The number of hydrogen-bond donors (Lipinski definition) is 1. The molecular weight excluding hydrogens is 275 g/mol. The van der Waals surface area contributed by atoms with Gasteiger partial charge in [-0.05, 0) is 23.8 Å². The summed E-state index contributed by atoms with van der Waals surface area (Å²) in [5.41, 5.74) is 0.787. The molecule has 4 nitrogen and oxygen atoms in total. The lowest BCUT2D eigenvalue weighted by Gasteiger charge is -2.10. The Balaban J connectivity index is 2.28. The molecule has 0 unspecified atom stereocenters. The van der Waals surface area contributed by atoms with Crippen molar-refractivity contribution < 1.29 is 27.8 Å². The van der Waals surface area contributed by atoms with E-state index in [1.807, 2.05) is 0 Å². The van der Waals surface area contributed by atoms with Gasteiger partial charge in [0.1, 0.15) is 11.4 Å². The molecule has 0 atom stereocenters. The summed E-state index contributed by atoms with van der Waals surface area (Å²) in [6.45, 7) is 0. The van der Waals surface area contributed by atoms with Crippen LogP contribution in [0.5, 0.6) is 5.75 Å². The zero-order valence-electron chi connectivity index (χ0n) is 9.89. The molecule has 0 fully saturated rings. The lowest BCUT2D eigenvalue weighted by molar-refractivity contribution is -0.274. The highest BCUT2D eigenvalue weighted by atomic mass is 19.4. The number of carboxylic acids is 1. The van der Waals surface area contributed by atoms with Crippen LogP contribution in [-0.2, 0) is 0 Å². The third kappa shape index (κ3) is 3.47. The molecule has 2 rings (SSSR count). The molecule has 2 aromatic rings. The van der Waals surface area contributed by atoms with Crippen LogP contribution in [0.2, 0.25) is 0 Å². The molecule has 1 N–H and O–H groups in total. The van der Waals surface area contributed by atoms with Crippen molar-refractivity contribution in [2.75, 3.05) is 0 Å². The number of aromatic nitrogens is 1. The van der Waals surface area contributed by atoms with Crippen molar-refractivity contribution in [2.24, 2.45) is 0 Å². The second-order valence-electron chi connectivity index (χ2n) is 3.81. The second kappa shape index (κ2) is 5.20. The SMILES string of the molecule is O=C(O)c1ccc(-c2cccc(OC(F)(F)F)c2)cn1. The molecule has 0 bridgehead atoms. The molecule has 0 saturated heterocycles. The summed E-state index contributed by atoms with van der Waals surface area (Å²) in [7, 11) is 0. The Morgan fingerprint density at radius 1 is 1.15 bits per heavy atom. The van der Waals surface area contributed by atoms with Crippen molar-refractivity contribution in [3.63, 3.8) is 0 Å². The van der Waals surface area contributed by atoms with Crippen LogP contribution in [0.1, 0.15) is 10.5 Å². The largest absolute Gasteiger partial charge is 0.573 e. The fourth-order valence-corrected chi connectivity index (χ4v) is 1.56. The van der Waals surface area contributed by atoms with Gasteiger partial charge < -0.3 is 9.84 Å². The van der Waals surface area contributed by atoms with Crippen molar-refractivity contribution >= 4 is 5.97 Å². The first kappa shape index (κ1) is 13.9. The third-order valence-corrected chi connectivity index (χ3v) is 2.38. The van der Waals surface area contributed by atoms with E-state index in [1.54, 1.807) is 6.07 Å². The van der Waals surface area contributed by atoms with Gasteiger partial charge in [0.2, 0.25) is 0 Å². The van der Waals surface area contributed by atoms with E-state index in [4.69, 9.17) is 5.11 Å². The average molecular weight is 283 g/mol. The van der Waals surface area contributed by atoms with E-state index in [-0.39, 0.29) is 11.4 Å². The molecule has 0 amide bonds. The normalized spacial score (nSPS) is 11.2. The summed E-state index contributed by atoms with van der Waals surface area (Å²) in [6.07, 6.45) is -3.49. The maximum absolute atomic E-state index is 12.1. The highest BCUT2D eigenvalue weighted by Crippen LogP contribution is 2.27. The van der Waals surface area contributed by atoms with E-state index >= 15 is 0 Å². The monoisotopic (exact) mass is 283 g/mol. The smallest absolute Gasteiger partial charge is 0.477 e. The Kier molecular flexibility index (Phi) is 3.60. The van der Waals surface area contributed by atoms with Crippen LogP contribution in [0.4, 0.5) is 13.2 Å². The van der Waals surface area contributed by atoms with Crippen LogP contribution in [0, 0.1) is 0 Å². The second-order valence-corrected chi connectivity index (χ2v) is 3.81. The Morgan fingerprint density at radius 2 is 1.90 bits per heavy atom. The fraction of sp³-hybridized carbons (Fsp3) is 0.0769. The van der Waals surface area contributed by atoms with Gasteiger partial charge in [0.15, 0.2) is 0 Å². The maximum atomic E-state index is 12.1. The lowest BCUT2D eigenvalue weighted by atomic mass is 10.1. The first-order chi connectivity index (χ1) is 9.35. The molecule has 1 heterocycles. The van der Waals surface area contributed by atoms with Crippen molar-refractivity contribution in [3.8, 4) is 16.9 Å². The summed E-state index contributed by atoms with van der Waals surface area (Å²) in [5, 5.41) is 8.71. The Bertz CT molecular complexity index is 624. The van der Waals surface area contributed by atoms with Gasteiger partial charge in [-0.25, -0.2) is 9.78 Å². The summed E-state index contributed by atoms with van der Waals surface area (Å²) >= 11 is 0. The molecule has 1 aromatic heterocycles. The highest BCUT2D eigenvalue weighted by molar-refractivity contribution is 5.85. The predicted molar refractivity (Wildman–Crippen MR) is 63.3 cm³/mol. The minimum atomic E-state index is -4.76. The van der Waals surface area contributed by atoms with Gasteiger partial charge in [0.25, 0.3) is 0 Å². The van der Waals surface area contributed by atoms with Gasteiger partial charge in [-0.3, -0.25) is 0 Å². The van der Waals surface area contributed by atoms with Gasteiger partial charge in [-0.1, -0.05) is 18.2 Å². The quantitative estimate of drug-likeness (QED) is 0.938. The van der Waals surface area contributed by atoms with Crippen LogP contribution in [0.15, 0.2) is 42.6 Å². The van der Waals surface area contributed by atoms with E-state index < -0.39 is 12.3 Å². The molecule has 0 saturated carbocycles. The minimum absolute atomic E-state index is 0.142. The number of ether oxygens (including phenoxy) is 1. The number of rotatable bonds is 3. The van der Waals surface area contributed by atoms with Crippen molar-refractivity contribution in [1.82, 2.24) is 4.98 Å². The summed E-state index contributed by atoms with van der Waals surface area (Å²) in [5.74, 6) is -1.52. The van der Waals surface area contributed by atoms with E-state index in [9.17, 15) is 18.0 Å². The molecule has 7 heteroatoms. The molecule has 0 radical (unpaired) electrons. The van der Waals surface area contributed by atoms with E-state index in [0.29, 0.717) is 11.1 Å². The molecule has 1 aromatic carbocycles. The third-order valence-electron chi connectivity index (χ3n) is 2.38. The topological polar surface area (TPSA) is 59.4 Å². The maximum Gasteiger partial charge on any atom is 0.573 e. The zero-order chi connectivity index (χ0) is 14.8. The number of benzene rings is 1. The highest BCUT2D eigenvalue weighted by Gasteiger charge is 2.31. The van der Waals surface area contributed by atoms with E-state index in [2.05, 4.69) is 9.72 Å². The van der Waals surface area contributed by atoms with Gasteiger partial charge >= 0.3 is 12.3 Å². The van der Waals surface area contributed by atoms with Gasteiger partial charge in [-0.2, -0.15) is 0 Å². The van der Waals surface area contributed by atoms with Gasteiger partial charge in [0, 0.05) is 11.8 Å². The van der Waals surface area contributed by atoms with Gasteiger partial charge in [-0.15, -0.1) is 13.2 Å². The number of nitrogens with zero attached hydrogens (tertiary/aromatic N) is 1. The summed E-state index contributed by atoms with van der Waals surface area (Å²) in [6, 6.07) is 8.08.